The molecule has 0 bridgehead atoms. The molecule has 0 unspecified atom stereocenters. The van der Waals surface area contributed by atoms with Crippen LogP contribution in [0.25, 0.3) is 5.57 Å². The fourth-order valence-corrected chi connectivity index (χ4v) is 3.59. The highest BCUT2D eigenvalue weighted by Gasteiger charge is 2.14. The van der Waals surface area contributed by atoms with Crippen LogP contribution in [0.5, 0.6) is 0 Å². The van der Waals surface area contributed by atoms with Crippen molar-refractivity contribution in [3.8, 4) is 0 Å². The van der Waals surface area contributed by atoms with Gasteiger partial charge in [-0.25, -0.2) is 0 Å². The molecule has 3 N–H and O–H groups in total. The highest BCUT2D eigenvalue weighted by molar-refractivity contribution is 5.76. The summed E-state index contributed by atoms with van der Waals surface area (Å²) in [4.78, 5) is 2.50. The second-order valence-corrected chi connectivity index (χ2v) is 7.92. The van der Waals surface area contributed by atoms with Crippen LogP contribution >= 0.6 is 0 Å². The Bertz CT molecular complexity index is 945. The van der Waals surface area contributed by atoms with Crippen LogP contribution in [0, 0.1) is 13.8 Å². The van der Waals surface area contributed by atoms with Crippen LogP contribution in [0.15, 0.2) is 112 Å². The van der Waals surface area contributed by atoms with E-state index in [9.17, 15) is 0 Å². The van der Waals surface area contributed by atoms with Crippen molar-refractivity contribution in [2.45, 2.75) is 54.4 Å². The van der Waals surface area contributed by atoms with Gasteiger partial charge in [-0.15, -0.1) is 26.3 Å². The van der Waals surface area contributed by atoms with E-state index in [0.717, 1.165) is 5.57 Å². The first kappa shape index (κ1) is 38.8. The molecule has 3 heteroatoms. The Morgan fingerprint density at radius 1 is 0.921 bits per heavy atom. The minimum Gasteiger partial charge on any atom is -0.405 e. The number of anilines is 2. The summed E-state index contributed by atoms with van der Waals surface area (Å²) >= 11 is 0. The topological polar surface area (TPSA) is 41.3 Å². The van der Waals surface area contributed by atoms with E-state index < -0.39 is 0 Å². The molecule has 1 saturated heterocycles. The lowest BCUT2D eigenvalue weighted by Gasteiger charge is -2.20. The highest BCUT2D eigenvalue weighted by Crippen LogP contribution is 2.28. The Labute approximate surface area is 235 Å². The van der Waals surface area contributed by atoms with E-state index >= 15 is 0 Å². The van der Waals surface area contributed by atoms with Gasteiger partial charge in [-0.05, 0) is 87.2 Å². The molecule has 0 spiro atoms. The van der Waals surface area contributed by atoms with Gasteiger partial charge in [0.1, 0.15) is 0 Å². The van der Waals surface area contributed by atoms with Gasteiger partial charge in [-0.3, -0.25) is 0 Å². The fraction of sp³-hybridized carbons (Fsp3) is 0.314. The summed E-state index contributed by atoms with van der Waals surface area (Å²) < 4.78 is 0. The zero-order valence-corrected chi connectivity index (χ0v) is 25.4. The smallest absolute Gasteiger partial charge is 0.0396 e. The SMILES string of the molecule is C=C.C=C.C=C(C)/C=C\C(=C/C)c1ccc(N2CCCC2)c(C)c1.C=CN.CC.CNc1ccccc1C. The monoisotopic (exact) mass is 517 g/mol. The second kappa shape index (κ2) is 26.3. The van der Waals surface area contributed by atoms with Gasteiger partial charge in [0, 0.05) is 31.5 Å². The number of benzene rings is 2. The van der Waals surface area contributed by atoms with Crippen molar-refractivity contribution in [1.82, 2.24) is 0 Å². The normalized spacial score (nSPS) is 11.3. The van der Waals surface area contributed by atoms with Crippen molar-refractivity contribution in [3.05, 3.63) is 129 Å². The predicted octanol–water partition coefficient (Wildman–Crippen LogP) is 9.89. The Morgan fingerprint density at radius 3 is 1.84 bits per heavy atom. The maximum Gasteiger partial charge on any atom is 0.0396 e. The van der Waals surface area contributed by atoms with E-state index in [2.05, 4.69) is 125 Å². The molecule has 0 saturated carbocycles. The van der Waals surface area contributed by atoms with Crippen molar-refractivity contribution < 1.29 is 0 Å². The van der Waals surface area contributed by atoms with E-state index in [1.165, 1.54) is 65.8 Å². The number of para-hydroxylation sites is 1. The number of nitrogens with two attached hydrogens (primary N) is 1. The first-order valence-corrected chi connectivity index (χ1v) is 13.3. The quantitative estimate of drug-likeness (QED) is 0.306. The van der Waals surface area contributed by atoms with Crippen LogP contribution in [0.4, 0.5) is 11.4 Å². The summed E-state index contributed by atoms with van der Waals surface area (Å²) in [5.41, 5.74) is 13.5. The third-order valence-electron chi connectivity index (χ3n) is 5.25. The molecule has 0 amide bonds. The molecule has 3 rings (SSSR count). The van der Waals surface area contributed by atoms with Crippen molar-refractivity contribution in [3.63, 3.8) is 0 Å². The van der Waals surface area contributed by atoms with E-state index in [1.54, 1.807) is 0 Å². The lowest BCUT2D eigenvalue weighted by atomic mass is 10.0. The van der Waals surface area contributed by atoms with Crippen LogP contribution in [-0.4, -0.2) is 20.1 Å². The molecule has 1 aliphatic rings. The minimum atomic E-state index is 1.08. The molecule has 3 nitrogen and oxygen atoms in total. The van der Waals surface area contributed by atoms with Gasteiger partial charge in [-0.2, -0.15) is 0 Å². The molecular formula is C35H55N3. The van der Waals surface area contributed by atoms with Crippen LogP contribution in [0.1, 0.15) is 57.2 Å². The number of hydrogen-bond donors (Lipinski definition) is 2. The third kappa shape index (κ3) is 16.1. The van der Waals surface area contributed by atoms with Gasteiger partial charge < -0.3 is 16.0 Å². The summed E-state index contributed by atoms with van der Waals surface area (Å²) in [5.74, 6) is 0. The molecular weight excluding hydrogens is 462 g/mol. The predicted molar refractivity (Wildman–Crippen MR) is 179 cm³/mol. The number of hydrogen-bond acceptors (Lipinski definition) is 3. The van der Waals surface area contributed by atoms with E-state index in [4.69, 9.17) is 0 Å². The maximum absolute atomic E-state index is 4.61. The Kier molecular flexibility index (Phi) is 26.9. The molecule has 0 atom stereocenters. The molecule has 1 fully saturated rings. The van der Waals surface area contributed by atoms with Crippen LogP contribution in [-0.2, 0) is 0 Å². The van der Waals surface area contributed by atoms with E-state index in [1.807, 2.05) is 40.0 Å². The fourth-order valence-electron chi connectivity index (χ4n) is 3.59. The first-order valence-electron chi connectivity index (χ1n) is 13.3. The number of nitrogens with one attached hydrogen (secondary N) is 1. The molecule has 0 aliphatic carbocycles. The Morgan fingerprint density at radius 2 is 1.45 bits per heavy atom. The van der Waals surface area contributed by atoms with E-state index in [0.29, 0.717) is 0 Å². The van der Waals surface area contributed by atoms with Crippen molar-refractivity contribution in [2.75, 3.05) is 30.4 Å². The van der Waals surface area contributed by atoms with Gasteiger partial charge in [0.05, 0.1) is 0 Å². The maximum atomic E-state index is 4.61. The largest absolute Gasteiger partial charge is 0.405 e. The number of nitrogens with zero attached hydrogens (tertiary/aromatic N) is 1. The summed E-state index contributed by atoms with van der Waals surface area (Å²) in [6.45, 7) is 33.9. The summed E-state index contributed by atoms with van der Waals surface area (Å²) in [7, 11) is 1.93. The van der Waals surface area contributed by atoms with Crippen molar-refractivity contribution in [2.24, 2.45) is 5.73 Å². The summed E-state index contributed by atoms with van der Waals surface area (Å²) in [6, 6.07) is 15.0. The lowest BCUT2D eigenvalue weighted by molar-refractivity contribution is 0.949. The molecule has 1 aliphatic heterocycles. The average molecular weight is 518 g/mol. The van der Waals surface area contributed by atoms with Crippen molar-refractivity contribution in [1.29, 1.82) is 0 Å². The molecule has 210 valence electrons. The molecule has 0 aromatic heterocycles. The second-order valence-electron chi connectivity index (χ2n) is 7.92. The van der Waals surface area contributed by atoms with Gasteiger partial charge in [0.2, 0.25) is 0 Å². The zero-order valence-electron chi connectivity index (χ0n) is 25.4. The lowest BCUT2D eigenvalue weighted by Crippen LogP contribution is -2.18. The molecule has 38 heavy (non-hydrogen) atoms. The average Bonchev–Trinajstić information content (AvgIpc) is 3.48. The Hall–Kier alpha value is -3.72. The minimum absolute atomic E-state index is 1.08. The number of allylic oxidation sites excluding steroid dienone is 5. The number of aryl methyl sites for hydroxylation is 2. The van der Waals surface area contributed by atoms with Crippen molar-refractivity contribution >= 4 is 16.9 Å². The molecule has 2 aromatic rings. The Balaban J connectivity index is -0.000000566. The summed E-state index contributed by atoms with van der Waals surface area (Å²) in [6.07, 6.45) is 10.3. The highest BCUT2D eigenvalue weighted by atomic mass is 15.1. The summed E-state index contributed by atoms with van der Waals surface area (Å²) in [5, 5.41) is 3.10. The van der Waals surface area contributed by atoms with Gasteiger partial charge >= 0.3 is 0 Å². The van der Waals surface area contributed by atoms with E-state index in [-0.39, 0.29) is 0 Å². The standard InChI is InChI=1S/C19H25N.C8H11N.C2H5N.C2H6.2C2H4/c1-5-17(9-8-15(2)3)18-10-11-19(16(4)14-18)20-12-6-7-13-20;1-7-5-3-4-6-8(7)9-2;1-2-3;3*1-2/h5,8-11,14H,2,6-7,12-13H2,1,3-4H3;3-6,9H,1-2H3;2H,1,3H2;1-2H3;2*1-2H2/b9-8-,17-5+;;;;;. The molecule has 2 aromatic carbocycles. The molecule has 0 radical (unpaired) electrons. The third-order valence-corrected chi connectivity index (χ3v) is 5.25. The van der Waals surface area contributed by atoms with Crippen LogP contribution in [0.2, 0.25) is 0 Å². The number of rotatable bonds is 5. The zero-order chi connectivity index (χ0) is 29.9. The van der Waals surface area contributed by atoms with Crippen LogP contribution < -0.4 is 16.0 Å². The van der Waals surface area contributed by atoms with Gasteiger partial charge in [0.15, 0.2) is 0 Å². The van der Waals surface area contributed by atoms with Crippen LogP contribution in [0.3, 0.4) is 0 Å². The molecule has 1 heterocycles. The first-order chi connectivity index (χ1) is 18.4. The van der Waals surface area contributed by atoms with Gasteiger partial charge in [-0.1, -0.05) is 75.1 Å². The van der Waals surface area contributed by atoms with Gasteiger partial charge in [0.25, 0.3) is 0 Å².